The molecule has 0 spiro atoms. The molecule has 0 aliphatic heterocycles. The molecular formula is C11H26N2O2S. The Hall–Kier alpha value is -0.130. The average molecular weight is 250 g/mol. The molecule has 0 saturated heterocycles. The van der Waals surface area contributed by atoms with Gasteiger partial charge in [0.25, 0.3) is 0 Å². The topological polar surface area (TPSA) is 49.4 Å². The van der Waals surface area contributed by atoms with Gasteiger partial charge < -0.3 is 10.2 Å². The molecule has 0 aliphatic rings. The molecule has 4 nitrogen and oxygen atoms in total. The molecule has 2 atom stereocenters. The quantitative estimate of drug-likeness (QED) is 0.685. The van der Waals surface area contributed by atoms with Gasteiger partial charge in [0.15, 0.2) is 0 Å². The van der Waals surface area contributed by atoms with Crippen LogP contribution in [0.4, 0.5) is 0 Å². The molecule has 0 bridgehead atoms. The number of sulfone groups is 1. The smallest absolute Gasteiger partial charge is 0.148 e. The van der Waals surface area contributed by atoms with Crippen LogP contribution in [-0.4, -0.2) is 58.6 Å². The molecule has 0 aromatic rings. The summed E-state index contributed by atoms with van der Waals surface area (Å²) in [6.07, 6.45) is 2.41. The molecule has 0 heterocycles. The highest BCUT2D eigenvalue weighted by molar-refractivity contribution is 7.90. The van der Waals surface area contributed by atoms with Crippen molar-refractivity contribution < 1.29 is 8.42 Å². The van der Waals surface area contributed by atoms with E-state index in [-0.39, 0.29) is 5.75 Å². The Labute approximate surface area is 100 Å². The van der Waals surface area contributed by atoms with E-state index in [4.69, 9.17) is 0 Å². The lowest BCUT2D eigenvalue weighted by Gasteiger charge is -2.27. The van der Waals surface area contributed by atoms with Crippen molar-refractivity contribution in [1.29, 1.82) is 0 Å². The van der Waals surface area contributed by atoms with Crippen LogP contribution in [0.3, 0.4) is 0 Å². The van der Waals surface area contributed by atoms with Crippen molar-refractivity contribution >= 4 is 9.84 Å². The van der Waals surface area contributed by atoms with Gasteiger partial charge in [-0.2, -0.15) is 0 Å². The van der Waals surface area contributed by atoms with E-state index in [2.05, 4.69) is 24.1 Å². The minimum Gasteiger partial charge on any atom is -0.315 e. The lowest BCUT2D eigenvalue weighted by Crippen LogP contribution is -2.43. The Kier molecular flexibility index (Phi) is 7.19. The van der Waals surface area contributed by atoms with Crippen LogP contribution in [0.25, 0.3) is 0 Å². The van der Waals surface area contributed by atoms with E-state index < -0.39 is 9.84 Å². The van der Waals surface area contributed by atoms with E-state index in [0.717, 1.165) is 13.0 Å². The van der Waals surface area contributed by atoms with Crippen LogP contribution in [0, 0.1) is 5.92 Å². The number of likely N-dealkylation sites (N-methyl/N-ethyl adjacent to an activating group) is 2. The summed E-state index contributed by atoms with van der Waals surface area (Å²) in [7, 11) is 1.08. The molecule has 0 aromatic heterocycles. The zero-order chi connectivity index (χ0) is 12.8. The van der Waals surface area contributed by atoms with E-state index in [9.17, 15) is 8.42 Å². The molecule has 0 aromatic carbocycles. The number of nitrogens with zero attached hydrogens (tertiary/aromatic N) is 1. The second-order valence-electron chi connectivity index (χ2n) is 4.67. The third-order valence-electron chi connectivity index (χ3n) is 3.05. The zero-order valence-corrected chi connectivity index (χ0v) is 12.0. The zero-order valence-electron chi connectivity index (χ0n) is 11.2. The molecule has 0 aliphatic carbocycles. The number of hydrogen-bond donors (Lipinski definition) is 1. The highest BCUT2D eigenvalue weighted by atomic mass is 32.2. The minimum atomic E-state index is -2.85. The summed E-state index contributed by atoms with van der Waals surface area (Å²) >= 11 is 0. The summed E-state index contributed by atoms with van der Waals surface area (Å²) in [5.41, 5.74) is 0. The van der Waals surface area contributed by atoms with Crippen LogP contribution in [0.1, 0.15) is 20.3 Å². The van der Waals surface area contributed by atoms with Gasteiger partial charge >= 0.3 is 0 Å². The maximum absolute atomic E-state index is 11.0. The van der Waals surface area contributed by atoms with Gasteiger partial charge in [0, 0.05) is 25.4 Å². The van der Waals surface area contributed by atoms with Gasteiger partial charge in [0.05, 0.1) is 5.75 Å². The van der Waals surface area contributed by atoms with Crippen molar-refractivity contribution in [2.45, 2.75) is 26.3 Å². The average Bonchev–Trinajstić information content (AvgIpc) is 2.21. The summed E-state index contributed by atoms with van der Waals surface area (Å²) in [5.74, 6) is 0.839. The predicted molar refractivity (Wildman–Crippen MR) is 69.5 cm³/mol. The molecule has 0 fully saturated rings. The fourth-order valence-electron chi connectivity index (χ4n) is 1.59. The Balaban J connectivity index is 4.06. The Morgan fingerprint density at radius 1 is 1.38 bits per heavy atom. The first-order valence-corrected chi connectivity index (χ1v) is 7.89. The maximum Gasteiger partial charge on any atom is 0.148 e. The van der Waals surface area contributed by atoms with Crippen LogP contribution in [0.15, 0.2) is 0 Å². The molecule has 0 saturated carbocycles. The largest absolute Gasteiger partial charge is 0.315 e. The van der Waals surface area contributed by atoms with Gasteiger partial charge in [0.1, 0.15) is 9.84 Å². The molecule has 2 unspecified atom stereocenters. The first kappa shape index (κ1) is 15.9. The van der Waals surface area contributed by atoms with E-state index in [0.29, 0.717) is 18.5 Å². The summed E-state index contributed by atoms with van der Waals surface area (Å²) < 4.78 is 22.1. The van der Waals surface area contributed by atoms with Crippen LogP contribution < -0.4 is 5.32 Å². The van der Waals surface area contributed by atoms with Gasteiger partial charge in [0.2, 0.25) is 0 Å². The molecule has 0 radical (unpaired) electrons. The number of nitrogens with one attached hydrogen (secondary N) is 1. The predicted octanol–water partition coefficient (Wildman–Crippen LogP) is 0.597. The highest BCUT2D eigenvalue weighted by Gasteiger charge is 2.16. The van der Waals surface area contributed by atoms with Crippen molar-refractivity contribution in [3.8, 4) is 0 Å². The van der Waals surface area contributed by atoms with Crippen molar-refractivity contribution in [1.82, 2.24) is 10.2 Å². The van der Waals surface area contributed by atoms with E-state index in [1.54, 1.807) is 0 Å². The Morgan fingerprint density at radius 3 is 2.31 bits per heavy atom. The molecule has 1 N–H and O–H groups in total. The minimum absolute atomic E-state index is 0.237. The van der Waals surface area contributed by atoms with Crippen LogP contribution in [-0.2, 0) is 9.84 Å². The summed E-state index contributed by atoms with van der Waals surface area (Å²) in [4.78, 5) is 2.08. The highest BCUT2D eigenvalue weighted by Crippen LogP contribution is 2.08. The molecule has 5 heteroatoms. The van der Waals surface area contributed by atoms with Gasteiger partial charge in [-0.15, -0.1) is 0 Å². The van der Waals surface area contributed by atoms with Crippen LogP contribution in [0.5, 0.6) is 0 Å². The molecule has 0 rings (SSSR count). The Bertz CT molecular complexity index is 278. The van der Waals surface area contributed by atoms with Crippen molar-refractivity contribution in [3.05, 3.63) is 0 Å². The van der Waals surface area contributed by atoms with Crippen molar-refractivity contribution in [2.75, 3.05) is 39.2 Å². The fraction of sp³-hybridized carbons (Fsp3) is 1.00. The molecule has 0 amide bonds. The lowest BCUT2D eigenvalue weighted by molar-refractivity contribution is 0.261. The lowest BCUT2D eigenvalue weighted by atomic mass is 9.99. The van der Waals surface area contributed by atoms with Gasteiger partial charge in [-0.3, -0.25) is 0 Å². The molecule has 98 valence electrons. The first-order valence-electron chi connectivity index (χ1n) is 5.83. The van der Waals surface area contributed by atoms with E-state index in [1.807, 2.05) is 14.1 Å². The van der Waals surface area contributed by atoms with E-state index >= 15 is 0 Å². The summed E-state index contributed by atoms with van der Waals surface area (Å²) in [6, 6.07) is 0.426. The van der Waals surface area contributed by atoms with Gasteiger partial charge in [-0.05, 0) is 20.0 Å². The van der Waals surface area contributed by atoms with Crippen LogP contribution in [0.2, 0.25) is 0 Å². The molecular weight excluding hydrogens is 224 g/mol. The Morgan fingerprint density at radius 2 is 1.94 bits per heavy atom. The third kappa shape index (κ3) is 7.19. The third-order valence-corrected chi connectivity index (χ3v) is 3.98. The van der Waals surface area contributed by atoms with Gasteiger partial charge in [-0.1, -0.05) is 20.3 Å². The summed E-state index contributed by atoms with van der Waals surface area (Å²) in [6.45, 7) is 5.88. The molecule has 16 heavy (non-hydrogen) atoms. The normalized spacial score (nSPS) is 16.4. The SMILES string of the molecule is CCC(C)C(CN(C)CCS(C)(=O)=O)NC. The van der Waals surface area contributed by atoms with Crippen molar-refractivity contribution in [2.24, 2.45) is 5.92 Å². The number of rotatable bonds is 8. The monoisotopic (exact) mass is 250 g/mol. The second-order valence-corrected chi connectivity index (χ2v) is 6.93. The first-order chi connectivity index (χ1) is 7.30. The fourth-order valence-corrected chi connectivity index (χ4v) is 2.23. The maximum atomic E-state index is 11.0. The number of hydrogen-bond acceptors (Lipinski definition) is 4. The van der Waals surface area contributed by atoms with E-state index in [1.165, 1.54) is 6.26 Å². The van der Waals surface area contributed by atoms with Gasteiger partial charge in [-0.25, -0.2) is 8.42 Å². The second kappa shape index (κ2) is 7.25. The van der Waals surface area contributed by atoms with Crippen LogP contribution >= 0.6 is 0 Å². The van der Waals surface area contributed by atoms with Crippen molar-refractivity contribution in [3.63, 3.8) is 0 Å². The standard InChI is InChI=1S/C11H26N2O2S/c1-6-10(2)11(12-3)9-13(4)7-8-16(5,14)15/h10-12H,6-9H2,1-5H3. The summed E-state index contributed by atoms with van der Waals surface area (Å²) in [5, 5.41) is 3.29.